The number of carbonyl (C=O) groups excluding carboxylic acids is 1. The predicted octanol–water partition coefficient (Wildman–Crippen LogP) is 3.71. The number of methoxy groups -OCH3 is 2. The Kier molecular flexibility index (Phi) is 7.79. The van der Waals surface area contributed by atoms with Gasteiger partial charge in [-0.2, -0.15) is 0 Å². The van der Waals surface area contributed by atoms with Crippen molar-refractivity contribution in [3.63, 3.8) is 0 Å². The van der Waals surface area contributed by atoms with Crippen molar-refractivity contribution in [3.05, 3.63) is 71.5 Å². The van der Waals surface area contributed by atoms with Crippen molar-refractivity contribution in [3.8, 4) is 11.5 Å². The van der Waals surface area contributed by atoms with Crippen molar-refractivity contribution < 1.29 is 14.3 Å². The summed E-state index contributed by atoms with van der Waals surface area (Å²) in [6, 6.07) is 14.2. The first-order chi connectivity index (χ1) is 14.6. The molecule has 1 N–H and O–H groups in total. The Morgan fingerprint density at radius 3 is 2.53 bits per heavy atom. The minimum absolute atomic E-state index is 0.00892. The summed E-state index contributed by atoms with van der Waals surface area (Å²) in [4.78, 5) is 16.6. The largest absolute Gasteiger partial charge is 0.493 e. The van der Waals surface area contributed by atoms with Gasteiger partial charge in [0, 0.05) is 25.5 Å². The maximum atomic E-state index is 12.2. The smallest absolute Gasteiger partial charge is 0.230 e. The molecule has 1 aromatic heterocycles. The number of aryl methyl sites for hydroxylation is 1. The van der Waals surface area contributed by atoms with Crippen LogP contribution in [0.5, 0.6) is 11.5 Å². The number of amides is 1. The molecule has 3 rings (SSSR count). The second kappa shape index (κ2) is 10.7. The molecule has 0 unspecified atom stereocenters. The molecular formula is C23H27N3O3S. The number of imidazole rings is 1. The number of thioether (sulfide) groups is 1. The quantitative estimate of drug-likeness (QED) is 0.502. The van der Waals surface area contributed by atoms with E-state index in [0.717, 1.165) is 23.7 Å². The van der Waals surface area contributed by atoms with E-state index in [1.807, 2.05) is 24.4 Å². The molecule has 0 aliphatic carbocycles. The highest BCUT2D eigenvalue weighted by atomic mass is 32.2. The zero-order valence-electron chi connectivity index (χ0n) is 17.6. The molecule has 30 heavy (non-hydrogen) atoms. The van der Waals surface area contributed by atoms with E-state index < -0.39 is 0 Å². The zero-order chi connectivity index (χ0) is 21.3. The van der Waals surface area contributed by atoms with Crippen molar-refractivity contribution in [2.45, 2.75) is 25.0 Å². The van der Waals surface area contributed by atoms with Crippen molar-refractivity contribution in [2.75, 3.05) is 26.5 Å². The fourth-order valence-corrected chi connectivity index (χ4v) is 3.80. The van der Waals surface area contributed by atoms with Crippen LogP contribution >= 0.6 is 11.8 Å². The summed E-state index contributed by atoms with van der Waals surface area (Å²) >= 11 is 1.44. The maximum Gasteiger partial charge on any atom is 0.230 e. The van der Waals surface area contributed by atoms with Crippen LogP contribution in [0, 0.1) is 6.92 Å². The molecule has 0 aliphatic heterocycles. The number of benzene rings is 2. The van der Waals surface area contributed by atoms with Gasteiger partial charge >= 0.3 is 0 Å². The van der Waals surface area contributed by atoms with Crippen LogP contribution in [-0.4, -0.2) is 42.0 Å². The molecule has 2 aromatic carbocycles. The molecule has 158 valence electrons. The third kappa shape index (κ3) is 6.03. The van der Waals surface area contributed by atoms with E-state index >= 15 is 0 Å². The average Bonchev–Trinajstić information content (AvgIpc) is 3.20. The molecule has 0 fully saturated rings. The van der Waals surface area contributed by atoms with Crippen molar-refractivity contribution in [2.24, 2.45) is 0 Å². The van der Waals surface area contributed by atoms with Gasteiger partial charge < -0.3 is 19.4 Å². The topological polar surface area (TPSA) is 65.4 Å². The van der Waals surface area contributed by atoms with E-state index in [1.54, 1.807) is 20.4 Å². The second-order valence-corrected chi connectivity index (χ2v) is 7.84. The van der Waals surface area contributed by atoms with Gasteiger partial charge in [0.1, 0.15) is 0 Å². The van der Waals surface area contributed by atoms with Gasteiger partial charge in [-0.3, -0.25) is 4.79 Å². The Bertz CT molecular complexity index is 970. The normalized spacial score (nSPS) is 10.6. The van der Waals surface area contributed by atoms with E-state index in [4.69, 9.17) is 9.47 Å². The van der Waals surface area contributed by atoms with Gasteiger partial charge in [0.25, 0.3) is 0 Å². The van der Waals surface area contributed by atoms with Crippen LogP contribution in [0.15, 0.2) is 60.0 Å². The molecule has 3 aromatic rings. The lowest BCUT2D eigenvalue weighted by molar-refractivity contribution is -0.118. The Morgan fingerprint density at radius 1 is 1.07 bits per heavy atom. The first kappa shape index (κ1) is 21.8. The van der Waals surface area contributed by atoms with Gasteiger partial charge in [0.15, 0.2) is 16.7 Å². The van der Waals surface area contributed by atoms with E-state index in [0.29, 0.717) is 23.8 Å². The molecule has 0 bridgehead atoms. The summed E-state index contributed by atoms with van der Waals surface area (Å²) in [6.07, 6.45) is 4.43. The van der Waals surface area contributed by atoms with Crippen LogP contribution in [0.4, 0.5) is 0 Å². The molecule has 0 spiro atoms. The SMILES string of the molecule is COc1ccc(CCNC(=O)CSc2nccn2Cc2ccc(C)cc2)cc1OC. The Labute approximate surface area is 181 Å². The summed E-state index contributed by atoms with van der Waals surface area (Å²) in [5.74, 6) is 1.71. The summed E-state index contributed by atoms with van der Waals surface area (Å²) in [5.41, 5.74) is 3.53. The minimum Gasteiger partial charge on any atom is -0.493 e. The molecule has 0 aliphatic rings. The summed E-state index contributed by atoms with van der Waals surface area (Å²) < 4.78 is 12.6. The first-order valence-corrected chi connectivity index (χ1v) is 10.7. The van der Waals surface area contributed by atoms with Gasteiger partial charge in [0.05, 0.1) is 20.0 Å². The molecule has 0 saturated carbocycles. The Hall–Kier alpha value is -2.93. The number of hydrogen-bond donors (Lipinski definition) is 1. The summed E-state index contributed by atoms with van der Waals surface area (Å²) in [7, 11) is 3.23. The molecule has 1 heterocycles. The minimum atomic E-state index is -0.00892. The number of rotatable bonds is 10. The summed E-state index contributed by atoms with van der Waals surface area (Å²) in [5, 5.41) is 3.80. The van der Waals surface area contributed by atoms with Crippen LogP contribution in [0.2, 0.25) is 0 Å². The number of carbonyl (C=O) groups is 1. The number of aromatic nitrogens is 2. The third-order valence-electron chi connectivity index (χ3n) is 4.67. The van der Waals surface area contributed by atoms with Crippen LogP contribution in [0.3, 0.4) is 0 Å². The number of nitrogens with one attached hydrogen (secondary N) is 1. The van der Waals surface area contributed by atoms with Gasteiger partial charge in [-0.25, -0.2) is 4.98 Å². The highest BCUT2D eigenvalue weighted by molar-refractivity contribution is 7.99. The van der Waals surface area contributed by atoms with Crippen LogP contribution in [0.25, 0.3) is 0 Å². The van der Waals surface area contributed by atoms with E-state index in [2.05, 4.69) is 46.1 Å². The van der Waals surface area contributed by atoms with E-state index in [-0.39, 0.29) is 5.91 Å². The van der Waals surface area contributed by atoms with Crippen LogP contribution in [-0.2, 0) is 17.8 Å². The standard InChI is InChI=1S/C23H27N3O3S/c1-17-4-6-19(7-5-17)15-26-13-12-25-23(26)30-16-22(27)24-11-10-18-8-9-20(28-2)21(14-18)29-3/h4-9,12-14H,10-11,15-16H2,1-3H3,(H,24,27). The van der Waals surface area contributed by atoms with Gasteiger partial charge in [-0.05, 0) is 36.6 Å². The van der Waals surface area contributed by atoms with Gasteiger partial charge in [0.2, 0.25) is 5.91 Å². The molecule has 1 amide bonds. The predicted molar refractivity (Wildman–Crippen MR) is 119 cm³/mol. The molecule has 0 radical (unpaired) electrons. The highest BCUT2D eigenvalue weighted by Crippen LogP contribution is 2.27. The Balaban J connectivity index is 1.45. The lowest BCUT2D eigenvalue weighted by atomic mass is 10.1. The average molecular weight is 426 g/mol. The maximum absolute atomic E-state index is 12.2. The second-order valence-electron chi connectivity index (χ2n) is 6.90. The molecule has 6 nitrogen and oxygen atoms in total. The number of nitrogens with zero attached hydrogens (tertiary/aromatic N) is 2. The van der Waals surface area contributed by atoms with Gasteiger partial charge in [-0.1, -0.05) is 47.7 Å². The fourth-order valence-electron chi connectivity index (χ4n) is 3.01. The zero-order valence-corrected chi connectivity index (χ0v) is 18.4. The molecular weight excluding hydrogens is 398 g/mol. The number of hydrogen-bond acceptors (Lipinski definition) is 5. The monoisotopic (exact) mass is 425 g/mol. The third-order valence-corrected chi connectivity index (χ3v) is 5.67. The number of ether oxygens (including phenoxy) is 2. The first-order valence-electron chi connectivity index (χ1n) is 9.76. The fraction of sp³-hybridized carbons (Fsp3) is 0.304. The van der Waals surface area contributed by atoms with Gasteiger partial charge in [-0.15, -0.1) is 0 Å². The molecule has 0 atom stereocenters. The van der Waals surface area contributed by atoms with Crippen molar-refractivity contribution in [1.82, 2.24) is 14.9 Å². The lowest BCUT2D eigenvalue weighted by Crippen LogP contribution is -2.27. The van der Waals surface area contributed by atoms with E-state index in [1.165, 1.54) is 22.9 Å². The lowest BCUT2D eigenvalue weighted by Gasteiger charge is -2.10. The van der Waals surface area contributed by atoms with Crippen LogP contribution in [0.1, 0.15) is 16.7 Å². The molecule has 7 heteroatoms. The Morgan fingerprint density at radius 2 is 1.80 bits per heavy atom. The summed E-state index contributed by atoms with van der Waals surface area (Å²) in [6.45, 7) is 3.38. The van der Waals surface area contributed by atoms with Crippen molar-refractivity contribution >= 4 is 17.7 Å². The van der Waals surface area contributed by atoms with Crippen molar-refractivity contribution in [1.29, 1.82) is 0 Å². The highest BCUT2D eigenvalue weighted by Gasteiger charge is 2.09. The molecule has 0 saturated heterocycles. The van der Waals surface area contributed by atoms with Crippen LogP contribution < -0.4 is 14.8 Å². The van der Waals surface area contributed by atoms with E-state index in [9.17, 15) is 4.79 Å².